The molecule has 1 heterocycles. The topological polar surface area (TPSA) is 50.9 Å². The second-order valence-electron chi connectivity index (χ2n) is 4.72. The zero-order chi connectivity index (χ0) is 14.4. The molecule has 1 atom stereocenters. The van der Waals surface area contributed by atoms with E-state index in [2.05, 4.69) is 10.4 Å². The van der Waals surface area contributed by atoms with Gasteiger partial charge >= 0.3 is 0 Å². The largest absolute Gasteiger partial charge is 0.271 e. The van der Waals surface area contributed by atoms with Gasteiger partial charge in [-0.3, -0.25) is 16.3 Å². The van der Waals surface area contributed by atoms with E-state index >= 15 is 0 Å². The summed E-state index contributed by atoms with van der Waals surface area (Å²) in [6, 6.07) is 8.87. The third kappa shape index (κ3) is 4.27. The third-order valence-corrected chi connectivity index (χ3v) is 3.51. The first kappa shape index (κ1) is 14.9. The number of aromatic nitrogens is 1. The van der Waals surface area contributed by atoms with Gasteiger partial charge in [0, 0.05) is 18.4 Å². The molecule has 0 aliphatic heterocycles. The molecule has 2 aromatic rings. The second-order valence-corrected chi connectivity index (χ2v) is 5.12. The molecule has 0 bridgehead atoms. The summed E-state index contributed by atoms with van der Waals surface area (Å²) < 4.78 is 13.4. The first-order valence-corrected chi connectivity index (χ1v) is 6.86. The van der Waals surface area contributed by atoms with Crippen LogP contribution in [-0.2, 0) is 12.8 Å². The van der Waals surface area contributed by atoms with Crippen LogP contribution in [0.2, 0.25) is 5.02 Å². The van der Waals surface area contributed by atoms with E-state index in [4.69, 9.17) is 17.4 Å². The summed E-state index contributed by atoms with van der Waals surface area (Å²) in [6.07, 6.45) is 5.98. The Balaban J connectivity index is 1.93. The van der Waals surface area contributed by atoms with E-state index in [0.29, 0.717) is 6.42 Å². The molecule has 0 fully saturated rings. The predicted molar refractivity (Wildman–Crippen MR) is 78.8 cm³/mol. The van der Waals surface area contributed by atoms with Crippen LogP contribution in [0.1, 0.15) is 17.5 Å². The fraction of sp³-hybridized carbons (Fsp3) is 0.267. The number of aryl methyl sites for hydroxylation is 1. The van der Waals surface area contributed by atoms with Crippen LogP contribution in [0.15, 0.2) is 42.7 Å². The van der Waals surface area contributed by atoms with Crippen LogP contribution < -0.4 is 11.3 Å². The molecule has 0 aliphatic rings. The van der Waals surface area contributed by atoms with E-state index in [9.17, 15) is 4.39 Å². The van der Waals surface area contributed by atoms with Gasteiger partial charge in [-0.25, -0.2) is 4.39 Å². The quantitative estimate of drug-likeness (QED) is 0.636. The van der Waals surface area contributed by atoms with Crippen molar-refractivity contribution in [3.8, 4) is 0 Å². The smallest absolute Gasteiger partial charge is 0.142 e. The second kappa shape index (κ2) is 7.33. The summed E-state index contributed by atoms with van der Waals surface area (Å²) in [6.45, 7) is 0. The fourth-order valence-electron chi connectivity index (χ4n) is 2.08. The Hall–Kier alpha value is -1.49. The Morgan fingerprint density at radius 1 is 1.30 bits per heavy atom. The van der Waals surface area contributed by atoms with Crippen LogP contribution in [0.5, 0.6) is 0 Å². The van der Waals surface area contributed by atoms with Crippen LogP contribution in [0.3, 0.4) is 0 Å². The number of pyridine rings is 1. The average Bonchev–Trinajstić information content (AvgIpc) is 2.48. The van der Waals surface area contributed by atoms with Crippen LogP contribution in [0.4, 0.5) is 4.39 Å². The minimum Gasteiger partial charge on any atom is -0.271 e. The number of rotatable bonds is 6. The first-order chi connectivity index (χ1) is 9.69. The van der Waals surface area contributed by atoms with Crippen LogP contribution >= 0.6 is 11.6 Å². The van der Waals surface area contributed by atoms with E-state index in [0.717, 1.165) is 24.0 Å². The predicted octanol–water partition coefficient (Wildman–Crippen LogP) is 2.88. The van der Waals surface area contributed by atoms with Crippen molar-refractivity contribution in [3.05, 3.63) is 64.7 Å². The Labute approximate surface area is 122 Å². The Bertz CT molecular complexity index is 548. The maximum Gasteiger partial charge on any atom is 0.142 e. The molecule has 0 spiro atoms. The molecule has 0 aliphatic carbocycles. The van der Waals surface area contributed by atoms with Crippen molar-refractivity contribution < 1.29 is 4.39 Å². The van der Waals surface area contributed by atoms with Gasteiger partial charge < -0.3 is 0 Å². The van der Waals surface area contributed by atoms with E-state index < -0.39 is 5.82 Å². The number of hydrogen-bond donors (Lipinski definition) is 2. The first-order valence-electron chi connectivity index (χ1n) is 6.48. The molecular formula is C15H17ClFN3. The lowest BCUT2D eigenvalue weighted by Crippen LogP contribution is -2.37. The molecule has 20 heavy (non-hydrogen) atoms. The molecule has 1 aromatic heterocycles. The molecule has 106 valence electrons. The zero-order valence-electron chi connectivity index (χ0n) is 11.0. The molecule has 1 aromatic carbocycles. The molecule has 0 saturated heterocycles. The van der Waals surface area contributed by atoms with Gasteiger partial charge in [0.2, 0.25) is 0 Å². The normalized spacial score (nSPS) is 12.3. The van der Waals surface area contributed by atoms with Crippen molar-refractivity contribution in [2.24, 2.45) is 5.84 Å². The number of halogens is 2. The molecular weight excluding hydrogens is 277 g/mol. The van der Waals surface area contributed by atoms with Crippen molar-refractivity contribution in [2.75, 3.05) is 0 Å². The van der Waals surface area contributed by atoms with Gasteiger partial charge in [-0.1, -0.05) is 23.7 Å². The van der Waals surface area contributed by atoms with Crippen molar-refractivity contribution in [3.63, 3.8) is 0 Å². The molecule has 5 heteroatoms. The van der Waals surface area contributed by atoms with Gasteiger partial charge in [-0.15, -0.1) is 0 Å². The van der Waals surface area contributed by atoms with E-state index in [-0.39, 0.29) is 11.1 Å². The standard InChI is InChI=1S/C15H17ClFN3/c16-14-6-4-12(9-15(14)17)8-13(20-18)5-3-11-2-1-7-19-10-11/h1-2,4,6-7,9-10,13,20H,3,5,8,18H2. The molecule has 2 rings (SSSR count). The minimum absolute atomic E-state index is 0.0794. The highest BCUT2D eigenvalue weighted by Crippen LogP contribution is 2.17. The summed E-state index contributed by atoms with van der Waals surface area (Å²) in [4.78, 5) is 4.08. The summed E-state index contributed by atoms with van der Waals surface area (Å²) in [5.41, 5.74) is 4.82. The highest BCUT2D eigenvalue weighted by Gasteiger charge is 2.10. The van der Waals surface area contributed by atoms with E-state index in [1.165, 1.54) is 6.07 Å². The lowest BCUT2D eigenvalue weighted by Gasteiger charge is -2.16. The van der Waals surface area contributed by atoms with Crippen LogP contribution in [0.25, 0.3) is 0 Å². The van der Waals surface area contributed by atoms with Crippen LogP contribution in [0, 0.1) is 5.82 Å². The van der Waals surface area contributed by atoms with Crippen molar-refractivity contribution in [2.45, 2.75) is 25.3 Å². The molecule has 0 amide bonds. The number of hydrogen-bond acceptors (Lipinski definition) is 3. The molecule has 3 nitrogen and oxygen atoms in total. The van der Waals surface area contributed by atoms with Gasteiger partial charge in [-0.05, 0) is 48.6 Å². The SMILES string of the molecule is NNC(CCc1cccnc1)Cc1ccc(Cl)c(F)c1. The fourth-order valence-corrected chi connectivity index (χ4v) is 2.20. The number of nitrogens with zero attached hydrogens (tertiary/aromatic N) is 1. The van der Waals surface area contributed by atoms with Crippen LogP contribution in [-0.4, -0.2) is 11.0 Å². The Kier molecular flexibility index (Phi) is 5.47. The van der Waals surface area contributed by atoms with Gasteiger partial charge in [0.15, 0.2) is 0 Å². The van der Waals surface area contributed by atoms with E-state index in [1.807, 2.05) is 24.4 Å². The zero-order valence-corrected chi connectivity index (χ0v) is 11.8. The highest BCUT2D eigenvalue weighted by atomic mass is 35.5. The maximum atomic E-state index is 13.4. The molecule has 0 saturated carbocycles. The number of benzene rings is 1. The number of nitrogens with one attached hydrogen (secondary N) is 1. The average molecular weight is 294 g/mol. The maximum absolute atomic E-state index is 13.4. The molecule has 1 unspecified atom stereocenters. The van der Waals surface area contributed by atoms with Crippen molar-refractivity contribution >= 4 is 11.6 Å². The lowest BCUT2D eigenvalue weighted by atomic mass is 10.00. The Morgan fingerprint density at radius 3 is 2.80 bits per heavy atom. The molecule has 3 N–H and O–H groups in total. The minimum atomic E-state index is -0.396. The summed E-state index contributed by atoms with van der Waals surface area (Å²) in [5.74, 6) is 5.17. The van der Waals surface area contributed by atoms with Gasteiger partial charge in [0.25, 0.3) is 0 Å². The molecule has 0 radical (unpaired) electrons. The Morgan fingerprint density at radius 2 is 2.15 bits per heavy atom. The third-order valence-electron chi connectivity index (χ3n) is 3.21. The van der Waals surface area contributed by atoms with Gasteiger partial charge in [0.1, 0.15) is 5.82 Å². The highest BCUT2D eigenvalue weighted by molar-refractivity contribution is 6.30. The monoisotopic (exact) mass is 293 g/mol. The van der Waals surface area contributed by atoms with Gasteiger partial charge in [-0.2, -0.15) is 0 Å². The number of nitrogens with two attached hydrogens (primary N) is 1. The summed E-state index contributed by atoms with van der Waals surface area (Å²) >= 11 is 5.67. The van der Waals surface area contributed by atoms with Gasteiger partial charge in [0.05, 0.1) is 5.02 Å². The summed E-state index contributed by atoms with van der Waals surface area (Å²) in [7, 11) is 0. The lowest BCUT2D eigenvalue weighted by molar-refractivity contribution is 0.490. The summed E-state index contributed by atoms with van der Waals surface area (Å²) in [5, 5.41) is 0.140. The van der Waals surface area contributed by atoms with Crippen molar-refractivity contribution in [1.29, 1.82) is 0 Å². The van der Waals surface area contributed by atoms with Crippen molar-refractivity contribution in [1.82, 2.24) is 10.4 Å². The number of hydrazine groups is 1. The van der Waals surface area contributed by atoms with E-state index in [1.54, 1.807) is 12.3 Å².